The van der Waals surface area contributed by atoms with E-state index in [1.165, 1.54) is 6.07 Å². The van der Waals surface area contributed by atoms with E-state index in [1.54, 1.807) is 0 Å². The maximum absolute atomic E-state index is 11.9. The Labute approximate surface area is 96.1 Å². The van der Waals surface area contributed by atoms with Crippen molar-refractivity contribution in [1.82, 2.24) is 4.57 Å². The molecular formula is C10H10N2O5. The predicted octanol–water partition coefficient (Wildman–Crippen LogP) is 1.23. The third-order valence-electron chi connectivity index (χ3n) is 2.59. The summed E-state index contributed by atoms with van der Waals surface area (Å²) >= 11 is 0. The molecule has 1 aromatic heterocycles. The minimum Gasteiger partial charge on any atom is -0.463 e. The Morgan fingerprint density at radius 1 is 1.47 bits per heavy atom. The van der Waals surface area contributed by atoms with Crippen molar-refractivity contribution in [3.63, 3.8) is 0 Å². The van der Waals surface area contributed by atoms with Crippen molar-refractivity contribution < 1.29 is 19.2 Å². The molecule has 1 aromatic rings. The second kappa shape index (κ2) is 4.00. The van der Waals surface area contributed by atoms with E-state index in [4.69, 9.17) is 0 Å². The zero-order valence-corrected chi connectivity index (χ0v) is 9.08. The van der Waals surface area contributed by atoms with E-state index in [2.05, 4.69) is 4.74 Å². The normalized spacial score (nSPS) is 14.4. The summed E-state index contributed by atoms with van der Waals surface area (Å²) in [6.45, 7) is 0. The zero-order valence-electron chi connectivity index (χ0n) is 9.08. The van der Waals surface area contributed by atoms with Gasteiger partial charge >= 0.3 is 17.7 Å². The summed E-state index contributed by atoms with van der Waals surface area (Å²) in [5, 5.41) is 10.8. The van der Waals surface area contributed by atoms with E-state index in [-0.39, 0.29) is 11.6 Å². The topological polar surface area (TPSA) is 91.4 Å². The van der Waals surface area contributed by atoms with E-state index < -0.39 is 22.6 Å². The Bertz CT molecular complexity index is 501. The van der Waals surface area contributed by atoms with Crippen LogP contribution in [-0.4, -0.2) is 28.5 Å². The molecular weight excluding hydrogens is 228 g/mol. The number of carbonyl (C=O) groups is 2. The number of methoxy groups -OCH3 is 1. The molecule has 0 spiro atoms. The van der Waals surface area contributed by atoms with E-state index in [0.717, 1.165) is 17.7 Å². The monoisotopic (exact) mass is 238 g/mol. The standard InChI is InChI=1S/C10H10N2O5/c1-17-10(14)7-4-5-8(12(15)16)11(7)9(13)6-2-3-6/h4-6H,2-3H2,1H3. The van der Waals surface area contributed by atoms with Crippen LogP contribution in [0.15, 0.2) is 12.1 Å². The Kier molecular flexibility index (Phi) is 2.66. The molecule has 0 amide bonds. The van der Waals surface area contributed by atoms with Gasteiger partial charge in [0, 0.05) is 12.1 Å². The molecule has 0 bridgehead atoms. The second-order valence-corrected chi connectivity index (χ2v) is 3.77. The number of ether oxygens (including phenoxy) is 1. The molecule has 1 aliphatic carbocycles. The lowest BCUT2D eigenvalue weighted by Crippen LogP contribution is -2.20. The average Bonchev–Trinajstić information content (AvgIpc) is 3.05. The summed E-state index contributed by atoms with van der Waals surface area (Å²) in [6.07, 6.45) is 1.41. The van der Waals surface area contributed by atoms with Crippen molar-refractivity contribution >= 4 is 17.7 Å². The van der Waals surface area contributed by atoms with E-state index in [9.17, 15) is 19.7 Å². The number of esters is 1. The first-order valence-electron chi connectivity index (χ1n) is 5.05. The fourth-order valence-electron chi connectivity index (χ4n) is 1.58. The van der Waals surface area contributed by atoms with Crippen molar-refractivity contribution in [3.8, 4) is 0 Å². The number of rotatable bonds is 3. The van der Waals surface area contributed by atoms with Gasteiger partial charge in [-0.25, -0.2) is 9.59 Å². The van der Waals surface area contributed by atoms with Gasteiger partial charge in [-0.1, -0.05) is 0 Å². The number of hydrogen-bond donors (Lipinski definition) is 0. The summed E-state index contributed by atoms with van der Waals surface area (Å²) in [5.41, 5.74) is -0.101. The van der Waals surface area contributed by atoms with Gasteiger partial charge in [0.05, 0.1) is 13.0 Å². The molecule has 90 valence electrons. The maximum atomic E-state index is 11.9. The maximum Gasteiger partial charge on any atom is 0.378 e. The smallest absolute Gasteiger partial charge is 0.378 e. The van der Waals surface area contributed by atoms with Crippen LogP contribution in [0.5, 0.6) is 0 Å². The van der Waals surface area contributed by atoms with E-state index >= 15 is 0 Å². The van der Waals surface area contributed by atoms with Crippen molar-refractivity contribution in [1.29, 1.82) is 0 Å². The highest BCUT2D eigenvalue weighted by molar-refractivity contribution is 5.96. The molecule has 0 radical (unpaired) electrons. The Hall–Kier alpha value is -2.18. The molecule has 1 saturated carbocycles. The van der Waals surface area contributed by atoms with Crippen LogP contribution in [-0.2, 0) is 4.74 Å². The molecule has 0 saturated heterocycles. The van der Waals surface area contributed by atoms with Gasteiger partial charge in [0.1, 0.15) is 0 Å². The second-order valence-electron chi connectivity index (χ2n) is 3.77. The molecule has 1 aliphatic rings. The first-order valence-corrected chi connectivity index (χ1v) is 5.05. The van der Waals surface area contributed by atoms with Crippen LogP contribution in [0.3, 0.4) is 0 Å². The van der Waals surface area contributed by atoms with Crippen molar-refractivity contribution in [2.75, 3.05) is 7.11 Å². The van der Waals surface area contributed by atoms with Crippen LogP contribution in [0.25, 0.3) is 0 Å². The van der Waals surface area contributed by atoms with Crippen LogP contribution < -0.4 is 0 Å². The van der Waals surface area contributed by atoms with Crippen LogP contribution in [0.2, 0.25) is 0 Å². The Morgan fingerprint density at radius 2 is 2.12 bits per heavy atom. The molecule has 0 atom stereocenters. The van der Waals surface area contributed by atoms with Gasteiger partial charge in [-0.05, 0) is 17.8 Å². The van der Waals surface area contributed by atoms with Crippen molar-refractivity contribution in [2.24, 2.45) is 5.92 Å². The van der Waals surface area contributed by atoms with Crippen molar-refractivity contribution in [2.45, 2.75) is 12.8 Å². The minimum atomic E-state index is -0.757. The third-order valence-corrected chi connectivity index (χ3v) is 2.59. The fraction of sp³-hybridized carbons (Fsp3) is 0.400. The van der Waals surface area contributed by atoms with Crippen LogP contribution in [0.4, 0.5) is 5.82 Å². The van der Waals surface area contributed by atoms with Crippen LogP contribution in [0, 0.1) is 16.0 Å². The number of aromatic nitrogens is 1. The molecule has 1 heterocycles. The number of hydrogen-bond acceptors (Lipinski definition) is 5. The van der Waals surface area contributed by atoms with Crippen molar-refractivity contribution in [3.05, 3.63) is 27.9 Å². The quantitative estimate of drug-likeness (QED) is 0.448. The lowest BCUT2D eigenvalue weighted by molar-refractivity contribution is -0.390. The minimum absolute atomic E-state index is 0.101. The molecule has 1 fully saturated rings. The van der Waals surface area contributed by atoms with Gasteiger partial charge in [-0.3, -0.25) is 0 Å². The molecule has 0 aliphatic heterocycles. The summed E-state index contributed by atoms with van der Waals surface area (Å²) in [6, 6.07) is 2.36. The molecule has 7 heteroatoms. The van der Waals surface area contributed by atoms with Gasteiger partial charge in [0.15, 0.2) is 0 Å². The van der Waals surface area contributed by atoms with Gasteiger partial charge < -0.3 is 14.9 Å². The first kappa shape index (κ1) is 11.3. The summed E-state index contributed by atoms with van der Waals surface area (Å²) < 4.78 is 5.32. The Balaban J connectivity index is 2.49. The average molecular weight is 238 g/mol. The first-order chi connectivity index (χ1) is 8.06. The lowest BCUT2D eigenvalue weighted by Gasteiger charge is -2.02. The molecule has 0 N–H and O–H groups in total. The summed E-state index contributed by atoms with van der Waals surface area (Å²) in [7, 11) is 1.16. The lowest BCUT2D eigenvalue weighted by atomic mass is 10.3. The van der Waals surface area contributed by atoms with Gasteiger partial charge in [-0.15, -0.1) is 0 Å². The highest BCUT2D eigenvalue weighted by Crippen LogP contribution is 2.33. The molecule has 17 heavy (non-hydrogen) atoms. The summed E-state index contributed by atoms with van der Waals surface area (Å²) in [4.78, 5) is 33.4. The van der Waals surface area contributed by atoms with Gasteiger partial charge in [-0.2, -0.15) is 4.57 Å². The molecule has 2 rings (SSSR count). The number of nitro groups is 1. The van der Waals surface area contributed by atoms with Gasteiger partial charge in [0.2, 0.25) is 5.69 Å². The van der Waals surface area contributed by atoms with Crippen LogP contribution >= 0.6 is 0 Å². The Morgan fingerprint density at radius 3 is 2.59 bits per heavy atom. The largest absolute Gasteiger partial charge is 0.463 e. The fourth-order valence-corrected chi connectivity index (χ4v) is 1.58. The molecule has 0 aromatic carbocycles. The highest BCUT2D eigenvalue weighted by atomic mass is 16.6. The molecule has 7 nitrogen and oxygen atoms in total. The van der Waals surface area contributed by atoms with E-state index in [1.807, 2.05) is 0 Å². The highest BCUT2D eigenvalue weighted by Gasteiger charge is 2.39. The predicted molar refractivity (Wildman–Crippen MR) is 55.8 cm³/mol. The summed E-state index contributed by atoms with van der Waals surface area (Å²) in [5.74, 6) is -1.79. The number of nitrogens with zero attached hydrogens (tertiary/aromatic N) is 2. The van der Waals surface area contributed by atoms with E-state index in [0.29, 0.717) is 12.8 Å². The van der Waals surface area contributed by atoms with Crippen LogP contribution in [0.1, 0.15) is 28.1 Å². The zero-order chi connectivity index (χ0) is 12.6. The molecule has 0 unspecified atom stereocenters. The SMILES string of the molecule is COC(=O)c1ccc([N+](=O)[O-])n1C(=O)C1CC1. The van der Waals surface area contributed by atoms with Gasteiger partial charge in [0.25, 0.3) is 0 Å². The third kappa shape index (κ3) is 1.91. The number of carbonyl (C=O) groups excluding carboxylic acids is 2.